The number of carboxylic acid groups (broad SMARTS) is 2. The van der Waals surface area contributed by atoms with E-state index in [9.17, 15) is 40.2 Å². The van der Waals surface area contributed by atoms with E-state index in [-0.39, 0.29) is 0 Å². The summed E-state index contributed by atoms with van der Waals surface area (Å²) in [5.41, 5.74) is 0. The zero-order chi connectivity index (χ0) is 19.0. The van der Waals surface area contributed by atoms with E-state index in [1.54, 1.807) is 0 Å². The molecule has 0 aromatic carbocycles. The monoisotopic (exact) mass is 370 g/mol. The summed E-state index contributed by atoms with van der Waals surface area (Å²) >= 11 is 0. The van der Waals surface area contributed by atoms with Crippen LogP contribution >= 0.6 is 0 Å². The van der Waals surface area contributed by atoms with Crippen LogP contribution in [-0.2, 0) is 23.8 Å². The van der Waals surface area contributed by atoms with Crippen molar-refractivity contribution < 1.29 is 64.7 Å². The van der Waals surface area contributed by atoms with Gasteiger partial charge in [-0.2, -0.15) is 0 Å². The number of aliphatic carboxylic acids is 2. The smallest absolute Gasteiger partial charge is 0.335 e. The van der Waals surface area contributed by atoms with Crippen LogP contribution in [-0.4, -0.2) is 114 Å². The molecule has 0 saturated carbocycles. The van der Waals surface area contributed by atoms with Crippen molar-refractivity contribution in [2.24, 2.45) is 0 Å². The molecule has 0 unspecified atom stereocenters. The van der Waals surface area contributed by atoms with Gasteiger partial charge in [-0.05, 0) is 0 Å². The molecule has 2 aliphatic heterocycles. The molecule has 25 heavy (non-hydrogen) atoms. The van der Waals surface area contributed by atoms with Gasteiger partial charge in [-0.15, -0.1) is 0 Å². The number of aliphatic hydroxyl groups excluding tert-OH is 6. The molecule has 0 amide bonds. The Morgan fingerprint density at radius 1 is 0.680 bits per heavy atom. The molecule has 2 aliphatic rings. The molecule has 0 bridgehead atoms. The third kappa shape index (κ3) is 3.74. The molecule has 2 saturated heterocycles. The van der Waals surface area contributed by atoms with Crippen LogP contribution in [0.15, 0.2) is 0 Å². The van der Waals surface area contributed by atoms with Crippen molar-refractivity contribution in [1.82, 2.24) is 0 Å². The van der Waals surface area contributed by atoms with Crippen molar-refractivity contribution in [2.75, 3.05) is 0 Å². The lowest BCUT2D eigenvalue weighted by atomic mass is 9.96. The molecule has 2 heterocycles. The predicted molar refractivity (Wildman–Crippen MR) is 69.7 cm³/mol. The van der Waals surface area contributed by atoms with E-state index in [0.717, 1.165) is 0 Å². The second-order valence-corrected chi connectivity index (χ2v) is 5.60. The van der Waals surface area contributed by atoms with Crippen LogP contribution in [0.3, 0.4) is 0 Å². The number of hydrogen-bond acceptors (Lipinski definition) is 11. The van der Waals surface area contributed by atoms with Crippen molar-refractivity contribution >= 4 is 11.9 Å². The highest BCUT2D eigenvalue weighted by molar-refractivity contribution is 5.74. The van der Waals surface area contributed by atoms with Crippen LogP contribution in [0.25, 0.3) is 0 Å². The molecule has 8 N–H and O–H groups in total. The number of rotatable bonds is 4. The Labute approximate surface area is 139 Å². The number of aliphatic hydroxyl groups is 6. The normalized spacial score (nSPS) is 48.1. The highest BCUT2D eigenvalue weighted by atomic mass is 16.7. The Kier molecular flexibility index (Phi) is 5.93. The van der Waals surface area contributed by atoms with E-state index in [1.807, 2.05) is 0 Å². The maximum Gasteiger partial charge on any atom is 0.335 e. The van der Waals surface area contributed by atoms with Crippen molar-refractivity contribution in [3.63, 3.8) is 0 Å². The van der Waals surface area contributed by atoms with Crippen molar-refractivity contribution in [3.8, 4) is 0 Å². The van der Waals surface area contributed by atoms with E-state index >= 15 is 0 Å². The van der Waals surface area contributed by atoms with E-state index in [2.05, 4.69) is 4.74 Å². The van der Waals surface area contributed by atoms with E-state index in [0.29, 0.717) is 0 Å². The Balaban J connectivity index is 2.22. The Morgan fingerprint density at radius 3 is 1.76 bits per heavy atom. The molecule has 0 radical (unpaired) electrons. The summed E-state index contributed by atoms with van der Waals surface area (Å²) in [6.45, 7) is 0. The molecular formula is C12H18O13. The predicted octanol–water partition coefficient (Wildman–Crippen LogP) is -5.21. The van der Waals surface area contributed by atoms with Crippen LogP contribution in [0.2, 0.25) is 0 Å². The van der Waals surface area contributed by atoms with Gasteiger partial charge < -0.3 is 55.1 Å². The fourth-order valence-electron chi connectivity index (χ4n) is 2.52. The minimum Gasteiger partial charge on any atom is -0.479 e. The quantitative estimate of drug-likeness (QED) is 0.232. The average Bonchev–Trinajstić information content (AvgIpc) is 2.54. The minimum atomic E-state index is -2.03. The third-order valence-electron chi connectivity index (χ3n) is 3.91. The van der Waals surface area contributed by atoms with Crippen LogP contribution in [0.4, 0.5) is 0 Å². The van der Waals surface area contributed by atoms with E-state index < -0.39 is 73.4 Å². The van der Waals surface area contributed by atoms with E-state index in [1.165, 1.54) is 0 Å². The topological polar surface area (TPSA) is 224 Å². The zero-order valence-corrected chi connectivity index (χ0v) is 12.4. The lowest BCUT2D eigenvalue weighted by molar-refractivity contribution is -0.346. The van der Waals surface area contributed by atoms with Crippen LogP contribution < -0.4 is 0 Å². The molecule has 2 rings (SSSR count). The number of carboxylic acids is 2. The summed E-state index contributed by atoms with van der Waals surface area (Å²) < 4.78 is 14.4. The largest absolute Gasteiger partial charge is 0.479 e. The van der Waals surface area contributed by atoms with Gasteiger partial charge >= 0.3 is 11.9 Å². The highest BCUT2D eigenvalue weighted by Gasteiger charge is 2.53. The fourth-order valence-corrected chi connectivity index (χ4v) is 2.52. The first kappa shape index (κ1) is 19.9. The molecule has 13 heteroatoms. The first-order chi connectivity index (χ1) is 11.6. The fraction of sp³-hybridized carbons (Fsp3) is 0.833. The van der Waals surface area contributed by atoms with Gasteiger partial charge in [-0.3, -0.25) is 0 Å². The zero-order valence-electron chi connectivity index (χ0n) is 12.4. The Bertz CT molecular complexity index is 511. The average molecular weight is 370 g/mol. The van der Waals surface area contributed by atoms with Crippen molar-refractivity contribution in [3.05, 3.63) is 0 Å². The molecule has 0 aromatic heterocycles. The second kappa shape index (κ2) is 7.45. The summed E-state index contributed by atoms with van der Waals surface area (Å²) in [6, 6.07) is 0. The Hall–Kier alpha value is -1.42. The maximum absolute atomic E-state index is 11.2. The number of hydrogen-bond donors (Lipinski definition) is 8. The SMILES string of the molecule is O=C(O)[C@H]1O[C@@H](O[C@H]2[C@H](O)[C@@H](O)[C@@H](O)O[C@@H]2C(=O)O)[C@H](O)[C@H](O)[C@@H]1O. The van der Waals surface area contributed by atoms with E-state index in [4.69, 9.17) is 19.7 Å². The molecule has 0 aromatic rings. The molecule has 0 spiro atoms. The lowest BCUT2D eigenvalue weighted by Gasteiger charge is -2.44. The van der Waals surface area contributed by atoms with Gasteiger partial charge in [0.05, 0.1) is 0 Å². The second-order valence-electron chi connectivity index (χ2n) is 5.60. The van der Waals surface area contributed by atoms with Gasteiger partial charge in [0.15, 0.2) is 24.8 Å². The lowest BCUT2D eigenvalue weighted by Crippen LogP contribution is -2.65. The number of ether oxygens (including phenoxy) is 3. The molecule has 144 valence electrons. The molecule has 10 atom stereocenters. The number of carbonyl (C=O) groups is 2. The summed E-state index contributed by atoms with van der Waals surface area (Å²) in [5.74, 6) is -3.39. The highest BCUT2D eigenvalue weighted by Crippen LogP contribution is 2.28. The first-order valence-corrected chi connectivity index (χ1v) is 7.06. The van der Waals surface area contributed by atoms with Crippen molar-refractivity contribution in [1.29, 1.82) is 0 Å². The van der Waals surface area contributed by atoms with Gasteiger partial charge in [-0.1, -0.05) is 0 Å². The van der Waals surface area contributed by atoms with Gasteiger partial charge in [0.1, 0.15) is 36.6 Å². The summed E-state index contributed by atoms with van der Waals surface area (Å²) in [5, 5.41) is 75.9. The summed E-state index contributed by atoms with van der Waals surface area (Å²) in [7, 11) is 0. The standard InChI is InChI=1S/C12H18O13/c13-1-2(14)7(9(18)19)25-12(5(1)17)24-6-3(15)4(16)11(22)23-8(6)10(20)21/h1-8,11-17,22H,(H,18,19)(H,20,21)/t1-,2+,3-,4-,5-,6+,7+,8+,11+,12-/m1/s1. The molecule has 2 fully saturated rings. The van der Waals surface area contributed by atoms with Gasteiger partial charge in [0, 0.05) is 0 Å². The van der Waals surface area contributed by atoms with Crippen LogP contribution in [0.5, 0.6) is 0 Å². The molecular weight excluding hydrogens is 352 g/mol. The third-order valence-corrected chi connectivity index (χ3v) is 3.91. The molecule has 0 aliphatic carbocycles. The van der Waals surface area contributed by atoms with Gasteiger partial charge in [0.2, 0.25) is 0 Å². The van der Waals surface area contributed by atoms with Gasteiger partial charge in [0.25, 0.3) is 0 Å². The minimum absolute atomic E-state index is 1.70. The first-order valence-electron chi connectivity index (χ1n) is 7.06. The summed E-state index contributed by atoms with van der Waals surface area (Å²) in [4.78, 5) is 22.2. The molecule has 13 nitrogen and oxygen atoms in total. The maximum atomic E-state index is 11.2. The van der Waals surface area contributed by atoms with Crippen molar-refractivity contribution in [2.45, 2.75) is 61.4 Å². The van der Waals surface area contributed by atoms with Crippen LogP contribution in [0.1, 0.15) is 0 Å². The van der Waals surface area contributed by atoms with Crippen LogP contribution in [0, 0.1) is 0 Å². The summed E-state index contributed by atoms with van der Waals surface area (Å²) in [6.07, 6.45) is -19.9. The van der Waals surface area contributed by atoms with Gasteiger partial charge in [-0.25, -0.2) is 9.59 Å². The Morgan fingerprint density at radius 2 is 1.24 bits per heavy atom.